The van der Waals surface area contributed by atoms with Gasteiger partial charge >= 0.3 is 0 Å². The summed E-state index contributed by atoms with van der Waals surface area (Å²) in [6, 6.07) is 79.7. The molecular weight excluding hydrogens is 729 g/mol. The quantitative estimate of drug-likeness (QED) is 0.175. The molecule has 2 aromatic heterocycles. The van der Waals surface area contributed by atoms with Crippen molar-refractivity contribution in [1.82, 2.24) is 9.13 Å². The Balaban J connectivity index is 0.000000666. The van der Waals surface area contributed by atoms with Crippen LogP contribution in [-0.4, -0.2) is 9.13 Å². The van der Waals surface area contributed by atoms with Gasteiger partial charge in [0.2, 0.25) is 0 Å². The van der Waals surface area contributed by atoms with Gasteiger partial charge in [0.25, 0.3) is 0 Å². The van der Waals surface area contributed by atoms with Crippen LogP contribution < -0.4 is 10.2 Å². The topological polar surface area (TPSA) is 25.1 Å². The lowest BCUT2D eigenvalue weighted by molar-refractivity contribution is 1.17. The molecule has 288 valence electrons. The van der Waals surface area contributed by atoms with E-state index in [1.807, 2.05) is 42.5 Å². The van der Waals surface area contributed by atoms with Crippen molar-refractivity contribution in [2.75, 3.05) is 10.2 Å². The van der Waals surface area contributed by atoms with E-state index in [1.165, 1.54) is 54.7 Å². The van der Waals surface area contributed by atoms with Gasteiger partial charge in [-0.3, -0.25) is 0 Å². The van der Waals surface area contributed by atoms with Crippen molar-refractivity contribution in [3.05, 3.63) is 236 Å². The van der Waals surface area contributed by atoms with Crippen LogP contribution in [0.1, 0.15) is 11.1 Å². The van der Waals surface area contributed by atoms with Gasteiger partial charge in [-0.25, -0.2) is 0 Å². The molecule has 0 aliphatic heterocycles. The zero-order valence-electron chi connectivity index (χ0n) is 33.7. The average Bonchev–Trinajstić information content (AvgIpc) is 3.79. The molecular formula is C56H44N4. The van der Waals surface area contributed by atoms with Crippen LogP contribution in [0, 0.1) is 13.8 Å². The summed E-state index contributed by atoms with van der Waals surface area (Å²) in [6.45, 7) is 4.36. The van der Waals surface area contributed by atoms with Crippen molar-refractivity contribution in [2.45, 2.75) is 13.8 Å². The van der Waals surface area contributed by atoms with Crippen molar-refractivity contribution < 1.29 is 0 Å². The van der Waals surface area contributed by atoms with Gasteiger partial charge in [-0.05, 0) is 135 Å². The zero-order valence-corrected chi connectivity index (χ0v) is 33.7. The largest absolute Gasteiger partial charge is 0.356 e. The number of fused-ring (bicyclic) bond motifs is 6. The number of hydrogen-bond acceptors (Lipinski definition) is 2. The molecule has 0 aliphatic rings. The van der Waals surface area contributed by atoms with Gasteiger partial charge in [0.1, 0.15) is 0 Å². The summed E-state index contributed by atoms with van der Waals surface area (Å²) in [6.07, 6.45) is 0. The fourth-order valence-corrected chi connectivity index (χ4v) is 8.43. The first-order valence-corrected chi connectivity index (χ1v) is 20.5. The Morgan fingerprint density at radius 2 is 0.667 bits per heavy atom. The average molecular weight is 773 g/mol. The van der Waals surface area contributed by atoms with E-state index in [-0.39, 0.29) is 0 Å². The van der Waals surface area contributed by atoms with E-state index in [0.29, 0.717) is 0 Å². The lowest BCUT2D eigenvalue weighted by Crippen LogP contribution is -2.09. The van der Waals surface area contributed by atoms with Gasteiger partial charge in [-0.15, -0.1) is 0 Å². The third-order valence-corrected chi connectivity index (χ3v) is 11.2. The number of hydrogen-bond donors (Lipinski definition) is 1. The molecule has 60 heavy (non-hydrogen) atoms. The highest BCUT2D eigenvalue weighted by atomic mass is 15.1. The molecule has 0 saturated carbocycles. The van der Waals surface area contributed by atoms with Gasteiger partial charge in [-0.2, -0.15) is 0 Å². The molecule has 0 unspecified atom stereocenters. The number of nitrogens with one attached hydrogen (secondary N) is 1. The first kappa shape index (κ1) is 36.5. The van der Waals surface area contributed by atoms with E-state index in [2.05, 4.69) is 215 Å². The van der Waals surface area contributed by atoms with Crippen molar-refractivity contribution in [2.24, 2.45) is 0 Å². The second kappa shape index (κ2) is 15.8. The van der Waals surface area contributed by atoms with Crippen LogP contribution >= 0.6 is 0 Å². The summed E-state index contributed by atoms with van der Waals surface area (Å²) in [7, 11) is 0. The molecule has 2 heterocycles. The van der Waals surface area contributed by atoms with Gasteiger partial charge < -0.3 is 19.4 Å². The highest BCUT2D eigenvalue weighted by molar-refractivity contribution is 6.19. The maximum atomic E-state index is 3.54. The molecule has 0 atom stereocenters. The highest BCUT2D eigenvalue weighted by Gasteiger charge is 2.20. The van der Waals surface area contributed by atoms with Gasteiger partial charge in [0.15, 0.2) is 0 Å². The molecule has 0 fully saturated rings. The third-order valence-electron chi connectivity index (χ3n) is 11.2. The molecule has 0 saturated heterocycles. The minimum Gasteiger partial charge on any atom is -0.356 e. The summed E-state index contributed by atoms with van der Waals surface area (Å²) >= 11 is 0. The van der Waals surface area contributed by atoms with Gasteiger partial charge in [0, 0.05) is 61.4 Å². The predicted octanol–water partition coefficient (Wildman–Crippen LogP) is 15.4. The van der Waals surface area contributed by atoms with Crippen LogP contribution in [0.2, 0.25) is 0 Å². The zero-order chi connectivity index (χ0) is 40.4. The monoisotopic (exact) mass is 772 g/mol. The van der Waals surface area contributed by atoms with Crippen LogP contribution in [0.15, 0.2) is 224 Å². The number of aryl methyl sites for hydroxylation is 2. The predicted molar refractivity (Wildman–Crippen MR) is 255 cm³/mol. The fraction of sp³-hybridized carbons (Fsp3) is 0.0357. The molecule has 9 aromatic carbocycles. The third kappa shape index (κ3) is 6.95. The molecule has 1 N–H and O–H groups in total. The maximum Gasteiger partial charge on any atom is 0.0548 e. The van der Waals surface area contributed by atoms with Gasteiger partial charge in [-0.1, -0.05) is 114 Å². The smallest absolute Gasteiger partial charge is 0.0548 e. The molecule has 0 bridgehead atoms. The number of para-hydroxylation sites is 3. The second-order valence-electron chi connectivity index (χ2n) is 15.3. The maximum absolute atomic E-state index is 3.54. The molecule has 0 radical (unpaired) electrons. The van der Waals surface area contributed by atoms with E-state index in [9.17, 15) is 0 Å². The SMILES string of the molecule is Cc1ccc2c(c1)c1cc3c(cc1n2-c1ccc(Nc2ccccc2)cc1)c1cc(C)ccc1n3-c1ccc(N(c2ccccc2)c2ccccc2)cc1.c1ccccc1. The molecule has 0 spiro atoms. The Hall–Kier alpha value is -7.82. The Bertz CT molecular complexity index is 3140. The minimum atomic E-state index is 1.06. The molecule has 11 aromatic rings. The van der Waals surface area contributed by atoms with Crippen LogP contribution in [0.3, 0.4) is 0 Å². The minimum absolute atomic E-state index is 1.06. The van der Waals surface area contributed by atoms with Crippen molar-refractivity contribution >= 4 is 72.0 Å². The van der Waals surface area contributed by atoms with Crippen LogP contribution in [0.25, 0.3) is 55.0 Å². The molecule has 4 heteroatoms. The Kier molecular flexibility index (Phi) is 9.64. The van der Waals surface area contributed by atoms with Crippen molar-refractivity contribution in [3.8, 4) is 11.4 Å². The summed E-state index contributed by atoms with van der Waals surface area (Å²) in [4.78, 5) is 2.31. The summed E-state index contributed by atoms with van der Waals surface area (Å²) in [5.41, 5.74) is 15.0. The lowest BCUT2D eigenvalue weighted by Gasteiger charge is -2.25. The first-order valence-electron chi connectivity index (χ1n) is 20.5. The number of aromatic nitrogens is 2. The molecule has 0 aliphatic carbocycles. The summed E-state index contributed by atoms with van der Waals surface area (Å²) in [5.74, 6) is 0. The van der Waals surface area contributed by atoms with E-state index < -0.39 is 0 Å². The van der Waals surface area contributed by atoms with Gasteiger partial charge in [0.05, 0.1) is 22.1 Å². The Morgan fingerprint density at radius 1 is 0.317 bits per heavy atom. The van der Waals surface area contributed by atoms with E-state index in [4.69, 9.17) is 0 Å². The number of rotatable bonds is 7. The first-order chi connectivity index (χ1) is 29.6. The number of anilines is 5. The second-order valence-corrected chi connectivity index (χ2v) is 15.3. The van der Waals surface area contributed by atoms with E-state index >= 15 is 0 Å². The molecule has 11 rings (SSSR count). The number of nitrogens with zero attached hydrogens (tertiary/aromatic N) is 3. The van der Waals surface area contributed by atoms with E-state index in [0.717, 1.165) is 39.8 Å². The fourth-order valence-electron chi connectivity index (χ4n) is 8.43. The molecule has 4 nitrogen and oxygen atoms in total. The van der Waals surface area contributed by atoms with Crippen LogP contribution in [0.5, 0.6) is 0 Å². The normalized spacial score (nSPS) is 11.2. The standard InChI is InChI=1S/C50H38N4.C6H6/c1-34-18-28-47-43(30-34)45-33-50-46(32-49(45)53(47)41-22-20-37(21-23-41)51-36-12-6-3-7-13-36)44-31-35(2)19-29-48(44)54(50)42-26-24-40(25-27-42)52(38-14-8-4-9-15-38)39-16-10-5-11-17-39;1-2-4-6-5-3-1/h3-33,51H,1-2H3;1-6H. The van der Waals surface area contributed by atoms with Crippen molar-refractivity contribution in [1.29, 1.82) is 0 Å². The van der Waals surface area contributed by atoms with E-state index in [1.54, 1.807) is 0 Å². The summed E-state index contributed by atoms with van der Waals surface area (Å²) < 4.78 is 4.86. The van der Waals surface area contributed by atoms with Crippen molar-refractivity contribution in [3.63, 3.8) is 0 Å². The van der Waals surface area contributed by atoms with Crippen LogP contribution in [-0.2, 0) is 0 Å². The van der Waals surface area contributed by atoms with Crippen LogP contribution in [0.4, 0.5) is 28.4 Å². The number of benzene rings is 9. The Labute approximate surface area is 350 Å². The highest BCUT2D eigenvalue weighted by Crippen LogP contribution is 2.41. The Morgan fingerprint density at radius 3 is 1.12 bits per heavy atom. The summed E-state index contributed by atoms with van der Waals surface area (Å²) in [5, 5.41) is 8.52. The molecule has 0 amide bonds. The lowest BCUT2D eigenvalue weighted by atomic mass is 10.1.